The number of rotatable bonds is 7. The van der Waals surface area contributed by atoms with E-state index in [0.29, 0.717) is 19.0 Å². The Hall–Kier alpha value is -1.85. The highest BCUT2D eigenvalue weighted by Crippen LogP contribution is 2.38. The van der Waals surface area contributed by atoms with E-state index in [-0.39, 0.29) is 6.61 Å². The van der Waals surface area contributed by atoms with E-state index in [0.717, 1.165) is 17.0 Å². The van der Waals surface area contributed by atoms with E-state index >= 15 is 0 Å². The highest BCUT2D eigenvalue weighted by molar-refractivity contribution is 5.28. The summed E-state index contributed by atoms with van der Waals surface area (Å²) in [5.41, 5.74) is 7.75. The van der Waals surface area contributed by atoms with Crippen LogP contribution in [0.3, 0.4) is 0 Å². The molecule has 0 aliphatic heterocycles. The highest BCUT2D eigenvalue weighted by atomic mass is 16.5. The number of benzene rings is 1. The van der Waals surface area contributed by atoms with Crippen molar-refractivity contribution in [3.05, 3.63) is 47.8 Å². The second kappa shape index (κ2) is 6.28. The Bertz CT molecular complexity index is 593. The largest absolute Gasteiger partial charge is 0.491 e. The summed E-state index contributed by atoms with van der Waals surface area (Å²) in [6.07, 6.45) is 3.81. The molecule has 0 saturated heterocycles. The first-order chi connectivity index (χ1) is 10.2. The fourth-order valence-electron chi connectivity index (χ4n) is 2.30. The van der Waals surface area contributed by atoms with E-state index in [1.807, 2.05) is 36.5 Å². The van der Waals surface area contributed by atoms with Crippen LogP contribution in [-0.2, 0) is 13.1 Å². The van der Waals surface area contributed by atoms with Gasteiger partial charge in [0.25, 0.3) is 0 Å². The number of hydrogen-bond acceptors (Lipinski definition) is 4. The molecule has 1 aromatic heterocycles. The lowest BCUT2D eigenvalue weighted by atomic mass is 10.2. The summed E-state index contributed by atoms with van der Waals surface area (Å²) < 4.78 is 7.39. The van der Waals surface area contributed by atoms with E-state index < -0.39 is 6.10 Å². The van der Waals surface area contributed by atoms with Crippen LogP contribution < -0.4 is 10.5 Å². The fraction of sp³-hybridized carbons (Fsp3) is 0.438. The van der Waals surface area contributed by atoms with Crippen LogP contribution in [-0.4, -0.2) is 27.6 Å². The van der Waals surface area contributed by atoms with Crippen molar-refractivity contribution < 1.29 is 9.84 Å². The Morgan fingerprint density at radius 2 is 2.24 bits per heavy atom. The van der Waals surface area contributed by atoms with Crippen molar-refractivity contribution in [1.29, 1.82) is 0 Å². The Kier molecular flexibility index (Phi) is 4.22. The molecule has 0 bridgehead atoms. The molecule has 1 fully saturated rings. The minimum atomic E-state index is -0.585. The van der Waals surface area contributed by atoms with E-state index in [9.17, 15) is 5.11 Å². The molecule has 3 N–H and O–H groups in total. The van der Waals surface area contributed by atoms with Crippen LogP contribution in [0, 0.1) is 0 Å². The van der Waals surface area contributed by atoms with Gasteiger partial charge in [0, 0.05) is 18.7 Å². The summed E-state index contributed by atoms with van der Waals surface area (Å²) in [7, 11) is 0. The number of aromatic nitrogens is 2. The van der Waals surface area contributed by atoms with Gasteiger partial charge < -0.3 is 15.6 Å². The average molecular weight is 287 g/mol. The Morgan fingerprint density at radius 1 is 1.38 bits per heavy atom. The Morgan fingerprint density at radius 3 is 3.00 bits per heavy atom. The van der Waals surface area contributed by atoms with Crippen LogP contribution in [0.2, 0.25) is 0 Å². The molecule has 2 aromatic rings. The topological polar surface area (TPSA) is 73.3 Å². The van der Waals surface area contributed by atoms with Crippen molar-refractivity contribution in [2.24, 2.45) is 5.73 Å². The molecule has 3 rings (SSSR count). The minimum absolute atomic E-state index is 0.243. The molecule has 0 radical (unpaired) electrons. The molecule has 0 amide bonds. The van der Waals surface area contributed by atoms with E-state index in [2.05, 4.69) is 5.10 Å². The van der Waals surface area contributed by atoms with Crippen LogP contribution in [0.15, 0.2) is 36.5 Å². The maximum atomic E-state index is 10.0. The van der Waals surface area contributed by atoms with Crippen molar-refractivity contribution >= 4 is 0 Å². The molecule has 5 heteroatoms. The smallest absolute Gasteiger partial charge is 0.119 e. The quantitative estimate of drug-likeness (QED) is 0.812. The molecular formula is C16H21N3O2. The average Bonchev–Trinajstić information content (AvgIpc) is 3.26. The molecule has 0 spiro atoms. The van der Waals surface area contributed by atoms with Gasteiger partial charge in [-0.05, 0) is 36.6 Å². The van der Waals surface area contributed by atoms with Gasteiger partial charge in [-0.1, -0.05) is 12.1 Å². The molecule has 1 heterocycles. The maximum Gasteiger partial charge on any atom is 0.119 e. The Labute approximate surface area is 124 Å². The molecule has 112 valence electrons. The standard InChI is InChI=1S/C16H21N3O2/c17-9-12-2-1-3-15(8-12)21-11-14(20)10-19-7-6-16(18-19)13-4-5-13/h1-3,6-8,13-14,20H,4-5,9-11,17H2. The van der Waals surface area contributed by atoms with Gasteiger partial charge in [-0.2, -0.15) is 5.10 Å². The zero-order chi connectivity index (χ0) is 14.7. The Balaban J connectivity index is 1.49. The molecule has 21 heavy (non-hydrogen) atoms. The van der Waals surface area contributed by atoms with E-state index in [1.54, 1.807) is 4.68 Å². The lowest BCUT2D eigenvalue weighted by Crippen LogP contribution is -2.24. The van der Waals surface area contributed by atoms with Crippen LogP contribution >= 0.6 is 0 Å². The normalized spacial score (nSPS) is 15.9. The summed E-state index contributed by atoms with van der Waals surface area (Å²) in [4.78, 5) is 0. The van der Waals surface area contributed by atoms with Crippen molar-refractivity contribution in [3.8, 4) is 5.75 Å². The lowest BCUT2D eigenvalue weighted by Gasteiger charge is -2.13. The predicted octanol–water partition coefficient (Wildman–Crippen LogP) is 1.66. The molecule has 1 aliphatic carbocycles. The van der Waals surface area contributed by atoms with Gasteiger partial charge in [0.05, 0.1) is 12.2 Å². The van der Waals surface area contributed by atoms with Crippen LogP contribution in [0.1, 0.15) is 30.0 Å². The molecule has 1 aliphatic rings. The minimum Gasteiger partial charge on any atom is -0.491 e. The van der Waals surface area contributed by atoms with Gasteiger partial charge in [0.1, 0.15) is 18.5 Å². The number of nitrogens with zero attached hydrogens (tertiary/aromatic N) is 2. The number of nitrogens with two attached hydrogens (primary N) is 1. The second-order valence-electron chi connectivity index (χ2n) is 5.55. The first-order valence-corrected chi connectivity index (χ1v) is 7.38. The molecular weight excluding hydrogens is 266 g/mol. The predicted molar refractivity (Wildman–Crippen MR) is 80.0 cm³/mol. The number of hydrogen-bond donors (Lipinski definition) is 2. The fourth-order valence-corrected chi connectivity index (χ4v) is 2.30. The van der Waals surface area contributed by atoms with Crippen LogP contribution in [0.25, 0.3) is 0 Å². The van der Waals surface area contributed by atoms with Crippen molar-refractivity contribution in [1.82, 2.24) is 9.78 Å². The van der Waals surface area contributed by atoms with Gasteiger partial charge in [0.15, 0.2) is 0 Å². The highest BCUT2D eigenvalue weighted by Gasteiger charge is 2.25. The first kappa shape index (κ1) is 14.1. The number of aliphatic hydroxyl groups is 1. The third kappa shape index (κ3) is 3.83. The van der Waals surface area contributed by atoms with Gasteiger partial charge in [-0.15, -0.1) is 0 Å². The van der Waals surface area contributed by atoms with Crippen molar-refractivity contribution in [2.45, 2.75) is 38.0 Å². The summed E-state index contributed by atoms with van der Waals surface area (Å²) in [5, 5.41) is 14.5. The monoisotopic (exact) mass is 287 g/mol. The molecule has 1 atom stereocenters. The maximum absolute atomic E-state index is 10.0. The van der Waals surface area contributed by atoms with E-state index in [4.69, 9.17) is 10.5 Å². The van der Waals surface area contributed by atoms with Crippen LogP contribution in [0.4, 0.5) is 0 Å². The summed E-state index contributed by atoms with van der Waals surface area (Å²) in [6.45, 7) is 1.17. The van der Waals surface area contributed by atoms with Gasteiger partial charge in [0.2, 0.25) is 0 Å². The first-order valence-electron chi connectivity index (χ1n) is 7.38. The molecule has 1 aromatic carbocycles. The molecule has 1 saturated carbocycles. The van der Waals surface area contributed by atoms with Gasteiger partial charge in [-0.25, -0.2) is 0 Å². The number of aliphatic hydroxyl groups excluding tert-OH is 1. The number of ether oxygens (including phenoxy) is 1. The third-order valence-corrected chi connectivity index (χ3v) is 3.63. The molecule has 1 unspecified atom stereocenters. The van der Waals surface area contributed by atoms with Gasteiger partial charge in [-0.3, -0.25) is 4.68 Å². The zero-order valence-corrected chi connectivity index (χ0v) is 12.0. The zero-order valence-electron chi connectivity index (χ0n) is 12.0. The van der Waals surface area contributed by atoms with Gasteiger partial charge >= 0.3 is 0 Å². The third-order valence-electron chi connectivity index (χ3n) is 3.63. The van der Waals surface area contributed by atoms with Crippen molar-refractivity contribution in [3.63, 3.8) is 0 Å². The summed E-state index contributed by atoms with van der Waals surface area (Å²) in [5.74, 6) is 1.37. The van der Waals surface area contributed by atoms with Crippen molar-refractivity contribution in [2.75, 3.05) is 6.61 Å². The van der Waals surface area contributed by atoms with E-state index in [1.165, 1.54) is 12.8 Å². The SMILES string of the molecule is NCc1cccc(OCC(O)Cn2ccc(C3CC3)n2)c1. The molecule has 5 nitrogen and oxygen atoms in total. The summed E-state index contributed by atoms with van der Waals surface area (Å²) >= 11 is 0. The lowest BCUT2D eigenvalue weighted by molar-refractivity contribution is 0.0892. The summed E-state index contributed by atoms with van der Waals surface area (Å²) in [6, 6.07) is 9.65. The second-order valence-corrected chi connectivity index (χ2v) is 5.55. The van der Waals surface area contributed by atoms with Crippen LogP contribution in [0.5, 0.6) is 5.75 Å².